The van der Waals surface area contributed by atoms with Gasteiger partial charge in [0.2, 0.25) is 5.91 Å². The Hall–Kier alpha value is -2.32. The van der Waals surface area contributed by atoms with Gasteiger partial charge in [0.25, 0.3) is 5.91 Å². The van der Waals surface area contributed by atoms with Gasteiger partial charge in [-0.2, -0.15) is 0 Å². The minimum atomic E-state index is -0.875. The minimum absolute atomic E-state index is 0.164. The Morgan fingerprint density at radius 3 is 2.32 bits per heavy atom. The van der Waals surface area contributed by atoms with E-state index in [4.69, 9.17) is 4.74 Å². The number of amides is 5. The van der Waals surface area contributed by atoms with E-state index in [0.717, 1.165) is 17.7 Å². The van der Waals surface area contributed by atoms with Crippen LogP contribution in [0, 0.1) is 5.92 Å². The zero-order chi connectivity index (χ0) is 18.2. The van der Waals surface area contributed by atoms with E-state index in [1.54, 1.807) is 23.6 Å². The lowest BCUT2D eigenvalue weighted by Gasteiger charge is -2.34. The molecule has 0 aromatic rings. The molecule has 0 aromatic carbocycles. The average Bonchev–Trinajstić information content (AvgIpc) is 3.41. The van der Waals surface area contributed by atoms with Gasteiger partial charge in [0.1, 0.15) is 12.1 Å². The molecule has 5 amide bonds. The number of hydrogen-bond acceptors (Lipinski definition) is 5. The maximum atomic E-state index is 12.6. The minimum Gasteiger partial charge on any atom is -0.450 e. The van der Waals surface area contributed by atoms with Crippen LogP contribution in [0.2, 0.25) is 0 Å². The summed E-state index contributed by atoms with van der Waals surface area (Å²) in [7, 11) is 0. The van der Waals surface area contributed by atoms with Crippen LogP contribution in [-0.4, -0.2) is 83.5 Å². The predicted molar refractivity (Wildman–Crippen MR) is 86.5 cm³/mol. The van der Waals surface area contributed by atoms with Gasteiger partial charge in [-0.1, -0.05) is 0 Å². The molecule has 2 aliphatic heterocycles. The Balaban J connectivity index is 1.54. The second-order valence-electron chi connectivity index (χ2n) is 6.86. The van der Waals surface area contributed by atoms with Crippen LogP contribution in [0.25, 0.3) is 0 Å². The third-order valence-corrected chi connectivity index (χ3v) is 5.15. The molecule has 0 bridgehead atoms. The maximum Gasteiger partial charge on any atom is 0.409 e. The summed E-state index contributed by atoms with van der Waals surface area (Å²) in [6.45, 7) is 5.01. The molecule has 9 nitrogen and oxygen atoms in total. The van der Waals surface area contributed by atoms with E-state index in [-0.39, 0.29) is 30.4 Å². The zero-order valence-corrected chi connectivity index (χ0v) is 14.6. The molecular weight excluding hydrogens is 328 g/mol. The third-order valence-electron chi connectivity index (χ3n) is 5.15. The maximum absolute atomic E-state index is 12.6. The molecular formula is C16H24N4O5. The summed E-state index contributed by atoms with van der Waals surface area (Å²) in [4.78, 5) is 52.9. The Labute approximate surface area is 146 Å². The van der Waals surface area contributed by atoms with Gasteiger partial charge in [-0.15, -0.1) is 0 Å². The highest BCUT2D eigenvalue weighted by Gasteiger charge is 2.56. The number of carbonyl (C=O) groups excluding carboxylic acids is 4. The molecule has 1 saturated carbocycles. The summed E-state index contributed by atoms with van der Waals surface area (Å²) in [5, 5.41) is 2.73. The standard InChI is InChI=1S/C16H24N4O5/c1-3-25-15(24)19-8-6-18(7-9-19)12(21)10-20-13(22)16(2,11-4-5-11)17-14(20)23/h11H,3-10H2,1-2H3,(H,17,23)/t16-/m1/s1. The summed E-state index contributed by atoms with van der Waals surface area (Å²) in [6, 6.07) is -0.502. The lowest BCUT2D eigenvalue weighted by Crippen LogP contribution is -2.53. The summed E-state index contributed by atoms with van der Waals surface area (Å²) < 4.78 is 4.94. The normalized spacial score (nSPS) is 26.7. The molecule has 0 spiro atoms. The Morgan fingerprint density at radius 2 is 1.76 bits per heavy atom. The van der Waals surface area contributed by atoms with Crippen molar-refractivity contribution in [2.45, 2.75) is 32.2 Å². The Morgan fingerprint density at radius 1 is 1.16 bits per heavy atom. The van der Waals surface area contributed by atoms with E-state index < -0.39 is 11.6 Å². The number of urea groups is 1. The third kappa shape index (κ3) is 3.27. The predicted octanol–water partition coefficient (Wildman–Crippen LogP) is 0.00760. The van der Waals surface area contributed by atoms with E-state index in [9.17, 15) is 19.2 Å². The van der Waals surface area contributed by atoms with E-state index in [2.05, 4.69) is 5.32 Å². The first-order valence-electron chi connectivity index (χ1n) is 8.70. The lowest BCUT2D eigenvalue weighted by molar-refractivity contribution is -0.139. The van der Waals surface area contributed by atoms with Crippen molar-refractivity contribution in [1.82, 2.24) is 20.0 Å². The van der Waals surface area contributed by atoms with E-state index >= 15 is 0 Å². The average molecular weight is 352 g/mol. The number of piperazine rings is 1. The van der Waals surface area contributed by atoms with Crippen molar-refractivity contribution < 1.29 is 23.9 Å². The van der Waals surface area contributed by atoms with Crippen LogP contribution in [0.5, 0.6) is 0 Å². The van der Waals surface area contributed by atoms with Crippen LogP contribution in [0.3, 0.4) is 0 Å². The zero-order valence-electron chi connectivity index (χ0n) is 14.6. The second kappa shape index (κ2) is 6.53. The molecule has 2 saturated heterocycles. The largest absolute Gasteiger partial charge is 0.450 e. The molecule has 25 heavy (non-hydrogen) atoms. The van der Waals surface area contributed by atoms with Crippen LogP contribution >= 0.6 is 0 Å². The quantitative estimate of drug-likeness (QED) is 0.719. The van der Waals surface area contributed by atoms with Crippen molar-refractivity contribution in [2.75, 3.05) is 39.3 Å². The Bertz CT molecular complexity index is 597. The van der Waals surface area contributed by atoms with E-state index in [1.165, 1.54) is 0 Å². The van der Waals surface area contributed by atoms with Crippen molar-refractivity contribution in [3.8, 4) is 0 Å². The monoisotopic (exact) mass is 352 g/mol. The second-order valence-corrected chi connectivity index (χ2v) is 6.86. The number of nitrogens with zero attached hydrogens (tertiary/aromatic N) is 3. The molecule has 1 atom stereocenters. The van der Waals surface area contributed by atoms with Crippen LogP contribution in [0.1, 0.15) is 26.7 Å². The van der Waals surface area contributed by atoms with Crippen molar-refractivity contribution in [2.24, 2.45) is 5.92 Å². The molecule has 3 fully saturated rings. The molecule has 138 valence electrons. The van der Waals surface area contributed by atoms with E-state index in [0.29, 0.717) is 32.8 Å². The molecule has 2 heterocycles. The van der Waals surface area contributed by atoms with Gasteiger partial charge in [0.15, 0.2) is 0 Å². The molecule has 1 N–H and O–H groups in total. The van der Waals surface area contributed by atoms with Gasteiger partial charge in [-0.25, -0.2) is 9.59 Å². The number of rotatable bonds is 4. The van der Waals surface area contributed by atoms with Gasteiger partial charge < -0.3 is 19.9 Å². The van der Waals surface area contributed by atoms with Crippen molar-refractivity contribution in [3.05, 3.63) is 0 Å². The molecule has 1 aliphatic carbocycles. The summed E-state index contributed by atoms with van der Waals surface area (Å²) in [5.41, 5.74) is -0.875. The highest BCUT2D eigenvalue weighted by atomic mass is 16.6. The molecule has 9 heteroatoms. The molecule has 3 aliphatic rings. The van der Waals surface area contributed by atoms with Crippen molar-refractivity contribution >= 4 is 23.9 Å². The first-order valence-corrected chi connectivity index (χ1v) is 8.70. The van der Waals surface area contributed by atoms with Crippen LogP contribution < -0.4 is 5.32 Å². The molecule has 0 unspecified atom stereocenters. The van der Waals surface area contributed by atoms with Crippen molar-refractivity contribution in [3.63, 3.8) is 0 Å². The summed E-state index contributed by atoms with van der Waals surface area (Å²) >= 11 is 0. The molecule has 3 rings (SSSR count). The van der Waals surface area contributed by atoms with Gasteiger partial charge in [-0.05, 0) is 32.6 Å². The highest BCUT2D eigenvalue weighted by Crippen LogP contribution is 2.42. The van der Waals surface area contributed by atoms with Crippen LogP contribution in [0.4, 0.5) is 9.59 Å². The number of hydrogen-bond donors (Lipinski definition) is 1. The fourth-order valence-corrected chi connectivity index (χ4v) is 3.39. The topological polar surface area (TPSA) is 99.3 Å². The number of ether oxygens (including phenoxy) is 1. The number of nitrogens with one attached hydrogen (secondary N) is 1. The smallest absolute Gasteiger partial charge is 0.409 e. The summed E-state index contributed by atoms with van der Waals surface area (Å²) in [6.07, 6.45) is 1.45. The molecule has 0 aromatic heterocycles. The van der Waals surface area contributed by atoms with E-state index in [1.807, 2.05) is 0 Å². The highest BCUT2D eigenvalue weighted by molar-refractivity contribution is 6.09. The van der Waals surface area contributed by atoms with Crippen LogP contribution in [0.15, 0.2) is 0 Å². The van der Waals surface area contributed by atoms with Gasteiger partial charge >= 0.3 is 12.1 Å². The summed E-state index contributed by atoms with van der Waals surface area (Å²) in [5.74, 6) is -0.442. The fraction of sp³-hybridized carbons (Fsp3) is 0.750. The first-order chi connectivity index (χ1) is 11.9. The number of imide groups is 1. The fourth-order valence-electron chi connectivity index (χ4n) is 3.39. The van der Waals surface area contributed by atoms with Crippen LogP contribution in [-0.2, 0) is 14.3 Å². The van der Waals surface area contributed by atoms with Crippen molar-refractivity contribution in [1.29, 1.82) is 0 Å². The van der Waals surface area contributed by atoms with Gasteiger partial charge in [-0.3, -0.25) is 14.5 Å². The first kappa shape index (κ1) is 17.5. The van der Waals surface area contributed by atoms with Gasteiger partial charge in [0, 0.05) is 26.2 Å². The SMILES string of the molecule is CCOC(=O)N1CCN(C(=O)CN2C(=O)N[C@](C)(C3CC3)C2=O)CC1. The Kier molecular flexibility index (Phi) is 4.57. The number of carbonyl (C=O) groups is 4. The lowest BCUT2D eigenvalue weighted by atomic mass is 9.96. The molecule has 0 radical (unpaired) electrons. The van der Waals surface area contributed by atoms with Gasteiger partial charge in [0.05, 0.1) is 6.61 Å².